The van der Waals surface area contributed by atoms with Crippen molar-refractivity contribution in [3.05, 3.63) is 53.3 Å². The Balaban J connectivity index is 0.000000375. The molecule has 0 aromatic heterocycles. The number of carbonyl (C=O) groups excluding carboxylic acids is 4. The molecule has 3 aliphatic rings. The van der Waals surface area contributed by atoms with Crippen LogP contribution in [0, 0.1) is 12.8 Å². The van der Waals surface area contributed by atoms with Crippen molar-refractivity contribution in [3.63, 3.8) is 0 Å². The van der Waals surface area contributed by atoms with E-state index < -0.39 is 17.9 Å². The molecule has 1 aromatic carbocycles. The van der Waals surface area contributed by atoms with Crippen LogP contribution in [0.15, 0.2) is 47.7 Å². The minimum atomic E-state index is -0.492. The van der Waals surface area contributed by atoms with E-state index in [4.69, 9.17) is 9.47 Å². The van der Waals surface area contributed by atoms with Gasteiger partial charge in [-0.1, -0.05) is 43.0 Å². The van der Waals surface area contributed by atoms with Gasteiger partial charge in [0.05, 0.1) is 32.5 Å². The van der Waals surface area contributed by atoms with Crippen LogP contribution in [0.1, 0.15) is 56.9 Å². The first-order valence-electron chi connectivity index (χ1n) is 13.4. The Hall–Kier alpha value is -3.46. The molecule has 1 saturated heterocycles. The van der Waals surface area contributed by atoms with Crippen molar-refractivity contribution in [2.45, 2.75) is 64.4 Å². The van der Waals surface area contributed by atoms with Crippen LogP contribution in [-0.2, 0) is 23.9 Å². The Morgan fingerprint density at radius 3 is 2.26 bits per heavy atom. The molecule has 4 rings (SSSR count). The van der Waals surface area contributed by atoms with Crippen molar-refractivity contribution in [2.75, 3.05) is 26.8 Å². The third kappa shape index (κ3) is 10.1. The summed E-state index contributed by atoms with van der Waals surface area (Å²) >= 11 is 0. The molecule has 2 fully saturated rings. The van der Waals surface area contributed by atoms with Gasteiger partial charge in [-0.25, -0.2) is 0 Å². The molecule has 1 heterocycles. The zero-order valence-electron chi connectivity index (χ0n) is 22.3. The molecule has 1 saturated carbocycles. The number of rotatable bonds is 10. The number of carbonyl (C=O) groups is 4. The van der Waals surface area contributed by atoms with E-state index in [1.54, 1.807) is 13.2 Å². The number of Topliss-reactive ketones (excluding diaryl/α,β-unsaturated/α-hetero) is 1. The lowest BCUT2D eigenvalue weighted by Gasteiger charge is -2.20. The van der Waals surface area contributed by atoms with Crippen LogP contribution in [0.2, 0.25) is 0 Å². The van der Waals surface area contributed by atoms with Crippen LogP contribution in [0.4, 0.5) is 0 Å². The fourth-order valence-corrected chi connectivity index (χ4v) is 4.34. The van der Waals surface area contributed by atoms with Gasteiger partial charge in [0.2, 0.25) is 23.5 Å². The van der Waals surface area contributed by atoms with Crippen molar-refractivity contribution in [2.24, 2.45) is 5.92 Å². The number of nitrogens with one attached hydrogen (secondary N) is 3. The zero-order chi connectivity index (χ0) is 27.3. The highest BCUT2D eigenvalue weighted by atomic mass is 16.6. The molecule has 38 heavy (non-hydrogen) atoms. The minimum absolute atomic E-state index is 0.0203. The maximum Gasteiger partial charge on any atom is 0.243 e. The van der Waals surface area contributed by atoms with E-state index in [0.29, 0.717) is 6.61 Å². The van der Waals surface area contributed by atoms with Gasteiger partial charge in [0, 0.05) is 5.92 Å². The molecule has 9 nitrogen and oxygen atoms in total. The van der Waals surface area contributed by atoms with Gasteiger partial charge < -0.3 is 25.4 Å². The van der Waals surface area contributed by atoms with Gasteiger partial charge in [-0.15, -0.1) is 0 Å². The second kappa shape index (κ2) is 15.1. The first-order chi connectivity index (χ1) is 18.4. The first-order valence-corrected chi connectivity index (χ1v) is 13.4. The lowest BCUT2D eigenvalue weighted by atomic mass is 9.89. The number of hydrogen-bond acceptors (Lipinski definition) is 6. The number of epoxide rings is 1. The van der Waals surface area contributed by atoms with Crippen LogP contribution >= 0.6 is 0 Å². The predicted octanol–water partition coefficient (Wildman–Crippen LogP) is 2.88. The van der Waals surface area contributed by atoms with Crippen molar-refractivity contribution in [1.29, 1.82) is 0 Å². The number of amides is 3. The second-order valence-corrected chi connectivity index (χ2v) is 9.81. The number of ketones is 1. The smallest absolute Gasteiger partial charge is 0.243 e. The van der Waals surface area contributed by atoms with Crippen LogP contribution in [0.25, 0.3) is 0 Å². The summed E-state index contributed by atoms with van der Waals surface area (Å²) in [6.45, 7) is 1.99. The van der Waals surface area contributed by atoms with Crippen molar-refractivity contribution >= 4 is 23.5 Å². The standard InChI is InChI=1S/C21H29N3O5.C8H10O/c25-18(11-23-21(28)15-8-2-1-3-9-15)22-12-19(26)24-16(20(27)17-13-29-17)10-14-6-4-5-7-14;1-7-3-5-8(9-2)6-4-7/h6,10,15,17H,1-5,7-9,11-13H2,(H,22,25)(H,23,28)(H,24,26);3-6H,1-2H3/b16-10+;. The molecule has 0 bridgehead atoms. The molecule has 3 amide bonds. The Morgan fingerprint density at radius 2 is 1.66 bits per heavy atom. The highest BCUT2D eigenvalue weighted by molar-refractivity contribution is 6.03. The minimum Gasteiger partial charge on any atom is -0.497 e. The van der Waals surface area contributed by atoms with Gasteiger partial charge in [0.15, 0.2) is 0 Å². The summed E-state index contributed by atoms with van der Waals surface area (Å²) in [5.74, 6) is -0.388. The summed E-state index contributed by atoms with van der Waals surface area (Å²) in [7, 11) is 1.67. The van der Waals surface area contributed by atoms with Gasteiger partial charge in [-0.3, -0.25) is 19.2 Å². The molecule has 2 aliphatic carbocycles. The quantitative estimate of drug-likeness (QED) is 0.319. The van der Waals surface area contributed by atoms with E-state index in [9.17, 15) is 19.2 Å². The van der Waals surface area contributed by atoms with Gasteiger partial charge in [-0.2, -0.15) is 0 Å². The summed E-state index contributed by atoms with van der Waals surface area (Å²) in [6, 6.07) is 7.96. The fraction of sp³-hybridized carbons (Fsp3) is 0.517. The molecule has 1 atom stereocenters. The van der Waals surface area contributed by atoms with Crippen LogP contribution in [-0.4, -0.2) is 56.4 Å². The Morgan fingerprint density at radius 1 is 0.974 bits per heavy atom. The molecular weight excluding hydrogens is 486 g/mol. The number of hydrogen-bond donors (Lipinski definition) is 3. The summed E-state index contributed by atoms with van der Waals surface area (Å²) < 4.78 is 10.00. The normalized spacial score (nSPS) is 18.8. The lowest BCUT2D eigenvalue weighted by Crippen LogP contribution is -2.44. The molecular formula is C29H39N3O6. The Bertz CT molecular complexity index is 1040. The monoisotopic (exact) mass is 525 g/mol. The van der Waals surface area contributed by atoms with E-state index in [1.165, 1.54) is 5.56 Å². The third-order valence-electron chi connectivity index (χ3n) is 6.67. The average Bonchev–Trinajstić information content (AvgIpc) is 3.67. The van der Waals surface area contributed by atoms with Crippen molar-refractivity contribution in [1.82, 2.24) is 16.0 Å². The van der Waals surface area contributed by atoms with E-state index >= 15 is 0 Å². The number of ether oxygens (including phenoxy) is 2. The summed E-state index contributed by atoms with van der Waals surface area (Å²) in [5.41, 5.74) is 2.48. The van der Waals surface area contributed by atoms with E-state index in [0.717, 1.165) is 62.7 Å². The number of aryl methyl sites for hydroxylation is 1. The third-order valence-corrected chi connectivity index (χ3v) is 6.67. The van der Waals surface area contributed by atoms with Crippen molar-refractivity contribution < 1.29 is 28.7 Å². The number of allylic oxidation sites excluding steroid dienone is 3. The van der Waals surface area contributed by atoms with Crippen molar-refractivity contribution in [3.8, 4) is 5.75 Å². The fourth-order valence-electron chi connectivity index (χ4n) is 4.34. The molecule has 1 aromatic rings. The molecule has 0 spiro atoms. The average molecular weight is 526 g/mol. The summed E-state index contributed by atoms with van der Waals surface area (Å²) in [6.07, 6.45) is 11.1. The van der Waals surface area contributed by atoms with E-state index in [2.05, 4.69) is 22.9 Å². The second-order valence-electron chi connectivity index (χ2n) is 9.81. The molecule has 1 unspecified atom stereocenters. The number of methoxy groups -OCH3 is 1. The Labute approximate surface area is 224 Å². The maximum atomic E-state index is 12.3. The summed E-state index contributed by atoms with van der Waals surface area (Å²) in [4.78, 5) is 48.5. The van der Waals surface area contributed by atoms with Gasteiger partial charge in [0.1, 0.15) is 11.9 Å². The summed E-state index contributed by atoms with van der Waals surface area (Å²) in [5, 5.41) is 7.69. The van der Waals surface area contributed by atoms with Gasteiger partial charge in [-0.05, 0) is 62.8 Å². The topological polar surface area (TPSA) is 126 Å². The Kier molecular flexibility index (Phi) is 11.5. The first kappa shape index (κ1) is 29.1. The molecule has 9 heteroatoms. The highest BCUT2D eigenvalue weighted by Gasteiger charge is 2.34. The highest BCUT2D eigenvalue weighted by Crippen LogP contribution is 2.23. The lowest BCUT2D eigenvalue weighted by molar-refractivity contribution is -0.130. The largest absolute Gasteiger partial charge is 0.497 e. The van der Waals surface area contributed by atoms with Crippen LogP contribution < -0.4 is 20.7 Å². The number of benzene rings is 1. The molecule has 0 radical (unpaired) electrons. The van der Waals surface area contributed by atoms with Gasteiger partial charge in [0.25, 0.3) is 0 Å². The van der Waals surface area contributed by atoms with E-state index in [-0.39, 0.29) is 36.4 Å². The van der Waals surface area contributed by atoms with Crippen LogP contribution in [0.3, 0.4) is 0 Å². The van der Waals surface area contributed by atoms with E-state index in [1.807, 2.05) is 30.3 Å². The molecule has 1 aliphatic heterocycles. The predicted molar refractivity (Wildman–Crippen MR) is 143 cm³/mol. The van der Waals surface area contributed by atoms with Crippen LogP contribution in [0.5, 0.6) is 5.75 Å². The molecule has 206 valence electrons. The zero-order valence-corrected chi connectivity index (χ0v) is 22.3. The SMILES string of the molecule is COc1ccc(C)cc1.O=C(CNC(=O)C1CCCCC1)NCC(=O)N/C(=C/C1=CCCC1)C(=O)C1CO1. The van der Waals surface area contributed by atoms with Gasteiger partial charge >= 0.3 is 0 Å². The molecule has 3 N–H and O–H groups in total. The maximum absolute atomic E-state index is 12.3.